The van der Waals surface area contributed by atoms with Crippen LogP contribution in [0, 0.1) is 0 Å². The van der Waals surface area contributed by atoms with Gasteiger partial charge in [0.05, 0.1) is 31.4 Å². The van der Waals surface area contributed by atoms with Gasteiger partial charge >= 0.3 is 0 Å². The van der Waals surface area contributed by atoms with Crippen molar-refractivity contribution in [3.05, 3.63) is 59.6 Å². The van der Waals surface area contributed by atoms with Crippen LogP contribution in [0.5, 0.6) is 11.5 Å². The second-order valence-corrected chi connectivity index (χ2v) is 7.10. The van der Waals surface area contributed by atoms with Crippen LogP contribution in [-0.2, 0) is 4.79 Å². The predicted molar refractivity (Wildman–Crippen MR) is 111 cm³/mol. The number of amides is 1. The number of benzene rings is 2. The summed E-state index contributed by atoms with van der Waals surface area (Å²) in [7, 11) is 3.11. The highest BCUT2D eigenvalue weighted by Crippen LogP contribution is 2.29. The van der Waals surface area contributed by atoms with Crippen LogP contribution in [0.15, 0.2) is 59.6 Å². The number of hydrogen-bond acceptors (Lipinski definition) is 6. The Morgan fingerprint density at radius 3 is 2.46 bits per heavy atom. The van der Waals surface area contributed by atoms with Crippen LogP contribution in [0.4, 0.5) is 5.69 Å². The van der Waals surface area contributed by atoms with Crippen LogP contribution in [0.25, 0.3) is 11.3 Å². The van der Waals surface area contributed by atoms with Gasteiger partial charge in [0.1, 0.15) is 16.5 Å². The van der Waals surface area contributed by atoms with E-state index in [-0.39, 0.29) is 11.7 Å². The van der Waals surface area contributed by atoms with Gasteiger partial charge in [-0.05, 0) is 36.4 Å². The zero-order chi connectivity index (χ0) is 19.9. The van der Waals surface area contributed by atoms with Crippen molar-refractivity contribution in [2.75, 3.05) is 25.3 Å². The van der Waals surface area contributed by atoms with Crippen molar-refractivity contribution in [2.24, 2.45) is 0 Å². The van der Waals surface area contributed by atoms with Gasteiger partial charge in [0, 0.05) is 16.7 Å². The van der Waals surface area contributed by atoms with Crippen molar-refractivity contribution in [1.82, 2.24) is 10.2 Å². The molecule has 0 fully saturated rings. The van der Waals surface area contributed by atoms with E-state index in [9.17, 15) is 4.79 Å². The van der Waals surface area contributed by atoms with Crippen molar-refractivity contribution >= 4 is 35.0 Å². The first-order valence-corrected chi connectivity index (χ1v) is 9.70. The fourth-order valence-electron chi connectivity index (χ4n) is 2.40. The first-order chi connectivity index (χ1) is 13.6. The summed E-state index contributed by atoms with van der Waals surface area (Å²) >= 11 is 7.20. The molecule has 1 N–H and O–H groups in total. The quantitative estimate of drug-likeness (QED) is 0.571. The SMILES string of the molecule is COc1ccc(NC(=O)CSc2ccc(-c3ccc(Cl)cc3)nn2)c(OC)c1. The third kappa shape index (κ3) is 5.15. The second kappa shape index (κ2) is 9.43. The molecule has 0 aliphatic heterocycles. The highest BCUT2D eigenvalue weighted by molar-refractivity contribution is 7.99. The molecule has 144 valence electrons. The number of rotatable bonds is 7. The van der Waals surface area contributed by atoms with Gasteiger partial charge in [0.15, 0.2) is 0 Å². The predicted octanol–water partition coefficient (Wildman–Crippen LogP) is 4.55. The van der Waals surface area contributed by atoms with E-state index in [1.54, 1.807) is 37.4 Å². The van der Waals surface area contributed by atoms with Crippen molar-refractivity contribution in [3.63, 3.8) is 0 Å². The number of halogens is 1. The average Bonchev–Trinajstić information content (AvgIpc) is 2.73. The van der Waals surface area contributed by atoms with Crippen LogP contribution < -0.4 is 14.8 Å². The van der Waals surface area contributed by atoms with E-state index >= 15 is 0 Å². The Labute approximate surface area is 172 Å². The van der Waals surface area contributed by atoms with Gasteiger partial charge in [-0.1, -0.05) is 35.5 Å². The minimum absolute atomic E-state index is 0.169. The van der Waals surface area contributed by atoms with Crippen molar-refractivity contribution in [3.8, 4) is 22.8 Å². The molecule has 3 aromatic rings. The Bertz CT molecular complexity index is 950. The van der Waals surface area contributed by atoms with Crippen LogP contribution in [0.2, 0.25) is 5.02 Å². The van der Waals surface area contributed by atoms with Gasteiger partial charge < -0.3 is 14.8 Å². The maximum atomic E-state index is 12.2. The van der Waals surface area contributed by atoms with Gasteiger partial charge in [0.25, 0.3) is 0 Å². The molecular weight excluding hydrogens is 398 g/mol. The number of nitrogens with zero attached hydrogens (tertiary/aromatic N) is 2. The van der Waals surface area contributed by atoms with Gasteiger partial charge in [-0.3, -0.25) is 4.79 Å². The molecule has 28 heavy (non-hydrogen) atoms. The van der Waals surface area contributed by atoms with E-state index in [4.69, 9.17) is 21.1 Å². The van der Waals surface area contributed by atoms with E-state index in [0.717, 1.165) is 11.3 Å². The molecule has 0 atom stereocenters. The Hall–Kier alpha value is -2.77. The minimum atomic E-state index is -0.169. The third-order valence-electron chi connectivity index (χ3n) is 3.81. The molecule has 0 spiro atoms. The maximum Gasteiger partial charge on any atom is 0.234 e. The smallest absolute Gasteiger partial charge is 0.234 e. The zero-order valence-corrected chi connectivity index (χ0v) is 16.9. The lowest BCUT2D eigenvalue weighted by atomic mass is 10.1. The van der Waals surface area contributed by atoms with E-state index in [2.05, 4.69) is 15.5 Å². The van der Waals surface area contributed by atoms with E-state index in [1.165, 1.54) is 18.9 Å². The molecule has 6 nitrogen and oxygen atoms in total. The average molecular weight is 416 g/mol. The number of nitrogens with one attached hydrogen (secondary N) is 1. The topological polar surface area (TPSA) is 73.3 Å². The Kier molecular flexibility index (Phi) is 6.73. The van der Waals surface area contributed by atoms with Crippen LogP contribution >= 0.6 is 23.4 Å². The molecule has 1 amide bonds. The summed E-state index contributed by atoms with van der Waals surface area (Å²) in [6, 6.07) is 16.3. The van der Waals surface area contributed by atoms with Crippen molar-refractivity contribution < 1.29 is 14.3 Å². The van der Waals surface area contributed by atoms with E-state index < -0.39 is 0 Å². The lowest BCUT2D eigenvalue weighted by molar-refractivity contribution is -0.113. The molecule has 3 rings (SSSR count). The summed E-state index contributed by atoms with van der Waals surface area (Å²) in [5.41, 5.74) is 2.25. The fraction of sp³-hybridized carbons (Fsp3) is 0.150. The van der Waals surface area contributed by atoms with E-state index in [0.29, 0.717) is 27.2 Å². The Morgan fingerprint density at radius 1 is 1.04 bits per heavy atom. The molecule has 1 aromatic heterocycles. The van der Waals surface area contributed by atoms with Gasteiger partial charge in [-0.2, -0.15) is 0 Å². The largest absolute Gasteiger partial charge is 0.497 e. The first kappa shape index (κ1) is 20.0. The molecule has 0 radical (unpaired) electrons. The molecule has 0 aliphatic carbocycles. The fourth-order valence-corrected chi connectivity index (χ4v) is 3.14. The van der Waals surface area contributed by atoms with Gasteiger partial charge in [-0.15, -0.1) is 10.2 Å². The third-order valence-corrected chi connectivity index (χ3v) is 4.99. The lowest BCUT2D eigenvalue weighted by Crippen LogP contribution is -2.14. The number of carbonyl (C=O) groups excluding carboxylic acids is 1. The molecule has 8 heteroatoms. The van der Waals surface area contributed by atoms with Gasteiger partial charge in [0.2, 0.25) is 5.91 Å². The number of aromatic nitrogens is 2. The molecule has 0 bridgehead atoms. The summed E-state index contributed by atoms with van der Waals surface area (Å²) in [4.78, 5) is 12.2. The number of anilines is 1. The highest BCUT2D eigenvalue weighted by Gasteiger charge is 2.10. The number of hydrogen-bond donors (Lipinski definition) is 1. The molecule has 0 aliphatic rings. The first-order valence-electron chi connectivity index (χ1n) is 8.33. The standard InChI is InChI=1S/C20H18ClN3O3S/c1-26-15-7-8-17(18(11-15)27-2)22-19(25)12-28-20-10-9-16(23-24-20)13-3-5-14(21)6-4-13/h3-11H,12H2,1-2H3,(H,22,25). The number of carbonyl (C=O) groups is 1. The maximum absolute atomic E-state index is 12.2. The van der Waals surface area contributed by atoms with Crippen LogP contribution in [-0.4, -0.2) is 36.1 Å². The summed E-state index contributed by atoms with van der Waals surface area (Å²) < 4.78 is 10.4. The number of methoxy groups -OCH3 is 2. The van der Waals surface area contributed by atoms with Crippen molar-refractivity contribution in [2.45, 2.75) is 5.03 Å². The molecule has 0 unspecified atom stereocenters. The lowest BCUT2D eigenvalue weighted by Gasteiger charge is -2.11. The summed E-state index contributed by atoms with van der Waals surface area (Å²) in [6.07, 6.45) is 0. The van der Waals surface area contributed by atoms with Gasteiger partial charge in [-0.25, -0.2) is 0 Å². The number of ether oxygens (including phenoxy) is 2. The monoisotopic (exact) mass is 415 g/mol. The number of thioether (sulfide) groups is 1. The highest BCUT2D eigenvalue weighted by atomic mass is 35.5. The van der Waals surface area contributed by atoms with Crippen LogP contribution in [0.1, 0.15) is 0 Å². The second-order valence-electron chi connectivity index (χ2n) is 5.67. The normalized spacial score (nSPS) is 10.4. The summed E-state index contributed by atoms with van der Waals surface area (Å²) in [5.74, 6) is 1.21. The van der Waals surface area contributed by atoms with E-state index in [1.807, 2.05) is 24.3 Å². The minimum Gasteiger partial charge on any atom is -0.497 e. The Balaban J connectivity index is 1.58. The van der Waals surface area contributed by atoms with Crippen LogP contribution in [0.3, 0.4) is 0 Å². The molecule has 1 heterocycles. The Morgan fingerprint density at radius 2 is 1.82 bits per heavy atom. The molecule has 0 saturated carbocycles. The van der Waals surface area contributed by atoms with Crippen molar-refractivity contribution in [1.29, 1.82) is 0 Å². The summed E-state index contributed by atoms with van der Waals surface area (Å²) in [6.45, 7) is 0. The summed E-state index contributed by atoms with van der Waals surface area (Å²) in [5, 5.41) is 12.5. The zero-order valence-electron chi connectivity index (χ0n) is 15.3. The molecule has 0 saturated heterocycles. The molecule has 2 aromatic carbocycles. The molecular formula is C20H18ClN3O3S.